The Bertz CT molecular complexity index is 978. The summed E-state index contributed by atoms with van der Waals surface area (Å²) >= 11 is 0. The molecule has 134 valence electrons. The average molecular weight is 353 g/mol. The maximum Gasteiger partial charge on any atom is 0.271 e. The van der Waals surface area contributed by atoms with Crippen molar-refractivity contribution in [1.82, 2.24) is 4.57 Å². The van der Waals surface area contributed by atoms with E-state index >= 15 is 0 Å². The van der Waals surface area contributed by atoms with Gasteiger partial charge in [-0.3, -0.25) is 14.9 Å². The smallest absolute Gasteiger partial charge is 0.271 e. The molecule has 0 unspecified atom stereocenters. The molecule has 0 spiro atoms. The Balaban J connectivity index is 1.77. The number of aromatic nitrogens is 1. The van der Waals surface area contributed by atoms with Crippen LogP contribution in [0.2, 0.25) is 0 Å². The van der Waals surface area contributed by atoms with Crippen LogP contribution in [0.4, 0.5) is 11.4 Å². The number of fused-ring (bicyclic) bond motifs is 1. The molecule has 7 heteroatoms. The van der Waals surface area contributed by atoms with E-state index in [0.717, 1.165) is 22.2 Å². The quantitative estimate of drug-likeness (QED) is 0.538. The highest BCUT2D eigenvalue weighted by Crippen LogP contribution is 2.24. The average Bonchev–Trinajstić information content (AvgIpc) is 2.99. The Hall–Kier alpha value is -3.35. The summed E-state index contributed by atoms with van der Waals surface area (Å²) in [5.74, 6) is 0.536. The number of hydrogen-bond acceptors (Lipinski definition) is 4. The van der Waals surface area contributed by atoms with Crippen LogP contribution in [-0.2, 0) is 11.3 Å². The minimum atomic E-state index is -0.482. The van der Waals surface area contributed by atoms with Crippen molar-refractivity contribution in [2.75, 3.05) is 11.9 Å². The molecular formula is C19H19N3O4. The van der Waals surface area contributed by atoms with Crippen LogP contribution in [0.3, 0.4) is 0 Å². The fraction of sp³-hybridized carbons (Fsp3) is 0.211. The number of nitrogens with one attached hydrogen (secondary N) is 1. The molecule has 0 fully saturated rings. The number of carbonyl (C=O) groups excluding carboxylic acids is 1. The van der Waals surface area contributed by atoms with E-state index in [2.05, 4.69) is 5.32 Å². The first-order chi connectivity index (χ1) is 12.5. The van der Waals surface area contributed by atoms with Crippen LogP contribution >= 0.6 is 0 Å². The first kappa shape index (κ1) is 17.5. The molecule has 1 aromatic heterocycles. The van der Waals surface area contributed by atoms with Crippen LogP contribution in [0, 0.1) is 17.0 Å². The third kappa shape index (κ3) is 3.66. The SMILES string of the molecule is CCOc1ccc2c(ccn2CC(=O)Nc2cc([N+](=O)[O-])ccc2C)c1. The summed E-state index contributed by atoms with van der Waals surface area (Å²) in [5, 5.41) is 14.6. The second kappa shape index (κ2) is 7.26. The van der Waals surface area contributed by atoms with Gasteiger partial charge in [0.15, 0.2) is 0 Å². The standard InChI is InChI=1S/C19H19N3O4/c1-3-26-16-6-7-18-14(10-16)8-9-21(18)12-19(23)20-17-11-15(22(24)25)5-4-13(17)2/h4-11H,3,12H2,1-2H3,(H,20,23). The van der Waals surface area contributed by atoms with Crippen molar-refractivity contribution in [2.24, 2.45) is 0 Å². The predicted octanol–water partition coefficient (Wildman–Crippen LogP) is 3.90. The maximum atomic E-state index is 12.4. The summed E-state index contributed by atoms with van der Waals surface area (Å²) in [7, 11) is 0. The van der Waals surface area contributed by atoms with E-state index in [1.54, 1.807) is 13.0 Å². The molecule has 0 saturated heterocycles. The molecule has 0 aliphatic carbocycles. The van der Waals surface area contributed by atoms with Gasteiger partial charge in [-0.2, -0.15) is 0 Å². The number of anilines is 1. The zero-order valence-electron chi connectivity index (χ0n) is 14.6. The highest BCUT2D eigenvalue weighted by atomic mass is 16.6. The van der Waals surface area contributed by atoms with Crippen molar-refractivity contribution in [3.05, 3.63) is 64.3 Å². The van der Waals surface area contributed by atoms with E-state index in [1.165, 1.54) is 12.1 Å². The minimum absolute atomic E-state index is 0.0548. The van der Waals surface area contributed by atoms with E-state index in [-0.39, 0.29) is 18.1 Å². The Labute approximate surface area is 150 Å². The van der Waals surface area contributed by atoms with Crippen molar-refractivity contribution in [3.8, 4) is 5.75 Å². The van der Waals surface area contributed by atoms with Crippen LogP contribution in [-0.4, -0.2) is 22.0 Å². The van der Waals surface area contributed by atoms with Gasteiger partial charge in [-0.25, -0.2) is 0 Å². The molecule has 3 rings (SSSR count). The number of aryl methyl sites for hydroxylation is 1. The Morgan fingerprint density at radius 2 is 2.04 bits per heavy atom. The fourth-order valence-electron chi connectivity index (χ4n) is 2.78. The second-order valence-corrected chi connectivity index (χ2v) is 5.90. The molecule has 3 aromatic rings. The molecule has 0 radical (unpaired) electrons. The van der Waals surface area contributed by atoms with E-state index in [0.29, 0.717) is 12.3 Å². The number of rotatable bonds is 6. The lowest BCUT2D eigenvalue weighted by atomic mass is 10.2. The summed E-state index contributed by atoms with van der Waals surface area (Å²) < 4.78 is 7.31. The monoisotopic (exact) mass is 353 g/mol. The van der Waals surface area contributed by atoms with Crippen LogP contribution in [0.15, 0.2) is 48.7 Å². The van der Waals surface area contributed by atoms with Gasteiger partial charge in [-0.1, -0.05) is 6.07 Å². The molecule has 7 nitrogen and oxygen atoms in total. The molecular weight excluding hydrogens is 334 g/mol. The second-order valence-electron chi connectivity index (χ2n) is 5.90. The number of amides is 1. The number of non-ortho nitro benzene ring substituents is 1. The molecule has 0 bridgehead atoms. The number of ether oxygens (including phenoxy) is 1. The van der Waals surface area contributed by atoms with Gasteiger partial charge in [-0.15, -0.1) is 0 Å². The van der Waals surface area contributed by atoms with Crippen LogP contribution < -0.4 is 10.1 Å². The van der Waals surface area contributed by atoms with Crippen molar-refractivity contribution in [1.29, 1.82) is 0 Å². The van der Waals surface area contributed by atoms with Crippen LogP contribution in [0.1, 0.15) is 12.5 Å². The number of nitro benzene ring substituents is 1. The number of benzene rings is 2. The molecule has 1 heterocycles. The Morgan fingerprint density at radius 3 is 2.77 bits per heavy atom. The molecule has 0 atom stereocenters. The van der Waals surface area contributed by atoms with Gasteiger partial charge in [0.2, 0.25) is 5.91 Å². The van der Waals surface area contributed by atoms with Gasteiger partial charge in [0.1, 0.15) is 12.3 Å². The lowest BCUT2D eigenvalue weighted by Gasteiger charge is -2.10. The van der Waals surface area contributed by atoms with E-state index in [1.807, 2.05) is 42.0 Å². The lowest BCUT2D eigenvalue weighted by molar-refractivity contribution is -0.384. The number of carbonyl (C=O) groups is 1. The van der Waals surface area contributed by atoms with Crippen molar-refractivity contribution in [3.63, 3.8) is 0 Å². The van der Waals surface area contributed by atoms with Crippen molar-refractivity contribution >= 4 is 28.2 Å². The third-order valence-electron chi connectivity index (χ3n) is 4.07. The summed E-state index contributed by atoms with van der Waals surface area (Å²) in [6.07, 6.45) is 1.83. The van der Waals surface area contributed by atoms with Gasteiger partial charge in [-0.05, 0) is 43.7 Å². The summed E-state index contributed by atoms with van der Waals surface area (Å²) in [6, 6.07) is 12.0. The lowest BCUT2D eigenvalue weighted by Crippen LogP contribution is -2.18. The van der Waals surface area contributed by atoms with Gasteiger partial charge >= 0.3 is 0 Å². The van der Waals surface area contributed by atoms with Gasteiger partial charge in [0.05, 0.1) is 17.2 Å². The normalized spacial score (nSPS) is 10.7. The molecule has 1 amide bonds. The highest BCUT2D eigenvalue weighted by Gasteiger charge is 2.12. The fourth-order valence-corrected chi connectivity index (χ4v) is 2.78. The summed E-state index contributed by atoms with van der Waals surface area (Å²) in [4.78, 5) is 22.8. The molecule has 0 aliphatic rings. The Morgan fingerprint density at radius 1 is 1.23 bits per heavy atom. The third-order valence-corrected chi connectivity index (χ3v) is 4.07. The molecule has 2 aromatic carbocycles. The first-order valence-corrected chi connectivity index (χ1v) is 8.24. The topological polar surface area (TPSA) is 86.4 Å². The van der Waals surface area contributed by atoms with Crippen LogP contribution in [0.5, 0.6) is 5.75 Å². The Kier molecular flexibility index (Phi) is 4.88. The zero-order chi connectivity index (χ0) is 18.7. The predicted molar refractivity (Wildman–Crippen MR) is 99.6 cm³/mol. The highest BCUT2D eigenvalue weighted by molar-refractivity contribution is 5.93. The largest absolute Gasteiger partial charge is 0.494 e. The van der Waals surface area contributed by atoms with Crippen molar-refractivity contribution < 1.29 is 14.5 Å². The molecule has 26 heavy (non-hydrogen) atoms. The van der Waals surface area contributed by atoms with Crippen molar-refractivity contribution in [2.45, 2.75) is 20.4 Å². The van der Waals surface area contributed by atoms with E-state index < -0.39 is 4.92 Å². The molecule has 1 N–H and O–H groups in total. The summed E-state index contributed by atoms with van der Waals surface area (Å²) in [6.45, 7) is 4.42. The van der Waals surface area contributed by atoms with Gasteiger partial charge in [0.25, 0.3) is 5.69 Å². The summed E-state index contributed by atoms with van der Waals surface area (Å²) in [5.41, 5.74) is 2.07. The number of nitro groups is 1. The van der Waals surface area contributed by atoms with E-state index in [4.69, 9.17) is 4.74 Å². The maximum absolute atomic E-state index is 12.4. The minimum Gasteiger partial charge on any atom is -0.494 e. The number of hydrogen-bond donors (Lipinski definition) is 1. The number of nitrogens with zero attached hydrogens (tertiary/aromatic N) is 2. The van der Waals surface area contributed by atoms with Crippen LogP contribution in [0.25, 0.3) is 10.9 Å². The zero-order valence-corrected chi connectivity index (χ0v) is 14.6. The first-order valence-electron chi connectivity index (χ1n) is 8.24. The van der Waals surface area contributed by atoms with E-state index in [9.17, 15) is 14.9 Å². The molecule has 0 saturated carbocycles. The van der Waals surface area contributed by atoms with Gasteiger partial charge < -0.3 is 14.6 Å². The molecule has 0 aliphatic heterocycles. The van der Waals surface area contributed by atoms with Gasteiger partial charge in [0, 0.05) is 29.2 Å².